The molecule has 0 aliphatic carbocycles. The third kappa shape index (κ3) is 3.33. The molecule has 154 valence electrons. The van der Waals surface area contributed by atoms with Gasteiger partial charge in [-0.25, -0.2) is 15.0 Å². The van der Waals surface area contributed by atoms with Gasteiger partial charge >= 0.3 is 0 Å². The topological polar surface area (TPSA) is 75.0 Å². The van der Waals surface area contributed by atoms with Gasteiger partial charge in [-0.2, -0.15) is 5.10 Å². The molecule has 1 saturated heterocycles. The summed E-state index contributed by atoms with van der Waals surface area (Å²) < 4.78 is 1.97. The Morgan fingerprint density at radius 1 is 1.00 bits per heavy atom. The summed E-state index contributed by atoms with van der Waals surface area (Å²) in [6, 6.07) is 6.17. The van der Waals surface area contributed by atoms with Crippen LogP contribution in [0.25, 0.3) is 21.8 Å². The molecule has 1 fully saturated rings. The molecule has 0 unspecified atom stereocenters. The Morgan fingerprint density at radius 2 is 1.80 bits per heavy atom. The third-order valence-electron chi connectivity index (χ3n) is 5.82. The van der Waals surface area contributed by atoms with E-state index in [1.54, 1.807) is 0 Å². The molecular formula is C22H26N8. The highest BCUT2D eigenvalue weighted by Gasteiger charge is 2.17. The van der Waals surface area contributed by atoms with E-state index < -0.39 is 0 Å². The van der Waals surface area contributed by atoms with Gasteiger partial charge in [0.2, 0.25) is 5.95 Å². The van der Waals surface area contributed by atoms with Gasteiger partial charge in [-0.1, -0.05) is 12.1 Å². The van der Waals surface area contributed by atoms with Crippen LogP contribution in [-0.4, -0.2) is 62.9 Å². The molecule has 0 bridgehead atoms. The Labute approximate surface area is 175 Å². The van der Waals surface area contributed by atoms with E-state index in [9.17, 15) is 0 Å². The van der Waals surface area contributed by atoms with E-state index in [0.29, 0.717) is 5.95 Å². The normalized spacial score (nSPS) is 15.2. The molecule has 1 aliphatic rings. The number of rotatable bonds is 4. The van der Waals surface area contributed by atoms with Crippen LogP contribution >= 0.6 is 0 Å². The summed E-state index contributed by atoms with van der Waals surface area (Å²) in [5, 5.41) is 9.82. The van der Waals surface area contributed by atoms with Crippen LogP contribution in [0.5, 0.6) is 0 Å². The van der Waals surface area contributed by atoms with Gasteiger partial charge in [-0.05, 0) is 32.5 Å². The number of piperazine rings is 1. The smallest absolute Gasteiger partial charge is 0.228 e. The van der Waals surface area contributed by atoms with Crippen LogP contribution < -0.4 is 10.2 Å². The number of aromatic nitrogens is 5. The molecular weight excluding hydrogens is 376 g/mol. The van der Waals surface area contributed by atoms with E-state index in [0.717, 1.165) is 60.3 Å². The molecule has 4 heterocycles. The van der Waals surface area contributed by atoms with E-state index in [2.05, 4.69) is 63.2 Å². The van der Waals surface area contributed by atoms with Crippen LogP contribution in [0.3, 0.4) is 0 Å². The van der Waals surface area contributed by atoms with Crippen LogP contribution in [0.15, 0.2) is 36.8 Å². The average Bonchev–Trinajstić information content (AvgIpc) is 3.18. The first-order valence-corrected chi connectivity index (χ1v) is 10.4. The van der Waals surface area contributed by atoms with Gasteiger partial charge in [0.15, 0.2) is 0 Å². The quantitative estimate of drug-likeness (QED) is 0.562. The first-order valence-electron chi connectivity index (χ1n) is 10.4. The number of likely N-dealkylation sites (N-methyl/N-ethyl adjacent to an activating group) is 1. The summed E-state index contributed by atoms with van der Waals surface area (Å²) in [5.74, 6) is 1.29. The largest absolute Gasteiger partial charge is 0.368 e. The Bertz CT molecular complexity index is 1210. The fraction of sp³-hybridized carbons (Fsp3) is 0.364. The van der Waals surface area contributed by atoms with Gasteiger partial charge < -0.3 is 15.1 Å². The minimum absolute atomic E-state index is 0.540. The number of anilines is 3. The molecule has 3 aromatic heterocycles. The predicted octanol–water partition coefficient (Wildman–Crippen LogP) is 3.20. The number of hydrogen-bond acceptors (Lipinski definition) is 7. The molecule has 1 aliphatic heterocycles. The fourth-order valence-electron chi connectivity index (χ4n) is 4.07. The zero-order chi connectivity index (χ0) is 20.7. The van der Waals surface area contributed by atoms with Crippen molar-refractivity contribution in [3.05, 3.63) is 42.4 Å². The van der Waals surface area contributed by atoms with E-state index in [4.69, 9.17) is 4.98 Å². The molecule has 0 atom stereocenters. The zero-order valence-corrected chi connectivity index (χ0v) is 17.6. The molecule has 30 heavy (non-hydrogen) atoms. The molecule has 4 aromatic rings. The number of benzene rings is 1. The maximum atomic E-state index is 4.79. The van der Waals surface area contributed by atoms with Gasteiger partial charge in [0.1, 0.15) is 11.3 Å². The number of aryl methyl sites for hydroxylation is 2. The van der Waals surface area contributed by atoms with Crippen LogP contribution in [0.1, 0.15) is 12.5 Å². The van der Waals surface area contributed by atoms with Crippen LogP contribution in [0.4, 0.5) is 17.5 Å². The molecule has 1 aromatic carbocycles. The standard InChI is InChI=1S/C22H26N8/c1-4-30-21-17(13-25-30)6-5-16-12-24-22(27-20(16)21)26-19-11-15(2)18(14-23-19)29-9-7-28(3)8-10-29/h5-6,11-14H,4,7-10H2,1-3H3,(H,23,24,26,27). The second kappa shape index (κ2) is 7.53. The number of nitrogens with one attached hydrogen (secondary N) is 1. The number of pyridine rings is 1. The van der Waals surface area contributed by atoms with Crippen molar-refractivity contribution in [2.75, 3.05) is 43.4 Å². The highest BCUT2D eigenvalue weighted by atomic mass is 15.3. The van der Waals surface area contributed by atoms with E-state index >= 15 is 0 Å². The summed E-state index contributed by atoms with van der Waals surface area (Å²) in [6.45, 7) is 9.22. The van der Waals surface area contributed by atoms with Crippen molar-refractivity contribution in [3.63, 3.8) is 0 Å². The van der Waals surface area contributed by atoms with Crippen molar-refractivity contribution in [1.29, 1.82) is 0 Å². The number of fused-ring (bicyclic) bond motifs is 3. The molecule has 0 radical (unpaired) electrons. The molecule has 0 saturated carbocycles. The third-order valence-corrected chi connectivity index (χ3v) is 5.82. The average molecular weight is 403 g/mol. The molecule has 8 heteroatoms. The Balaban J connectivity index is 1.44. The zero-order valence-electron chi connectivity index (χ0n) is 17.6. The van der Waals surface area contributed by atoms with Crippen molar-refractivity contribution >= 4 is 39.3 Å². The lowest BCUT2D eigenvalue weighted by molar-refractivity contribution is 0.312. The second-order valence-electron chi connectivity index (χ2n) is 7.87. The van der Waals surface area contributed by atoms with Gasteiger partial charge in [0, 0.05) is 49.7 Å². The Morgan fingerprint density at radius 3 is 2.57 bits per heavy atom. The minimum Gasteiger partial charge on any atom is -0.368 e. The lowest BCUT2D eigenvalue weighted by Gasteiger charge is -2.34. The summed E-state index contributed by atoms with van der Waals surface area (Å²) >= 11 is 0. The Hall–Kier alpha value is -3.26. The summed E-state index contributed by atoms with van der Waals surface area (Å²) in [5.41, 5.74) is 4.33. The maximum absolute atomic E-state index is 4.79. The summed E-state index contributed by atoms with van der Waals surface area (Å²) in [7, 11) is 2.17. The molecule has 0 spiro atoms. The van der Waals surface area contributed by atoms with Crippen LogP contribution in [-0.2, 0) is 6.54 Å². The van der Waals surface area contributed by atoms with E-state index in [-0.39, 0.29) is 0 Å². The van der Waals surface area contributed by atoms with Crippen molar-refractivity contribution < 1.29 is 0 Å². The highest BCUT2D eigenvalue weighted by molar-refractivity contribution is 6.03. The highest BCUT2D eigenvalue weighted by Crippen LogP contribution is 2.26. The first kappa shape index (κ1) is 18.7. The minimum atomic E-state index is 0.540. The molecule has 5 rings (SSSR count). The maximum Gasteiger partial charge on any atom is 0.228 e. The van der Waals surface area contributed by atoms with Gasteiger partial charge in [-0.3, -0.25) is 4.68 Å². The molecule has 8 nitrogen and oxygen atoms in total. The van der Waals surface area contributed by atoms with Crippen molar-refractivity contribution in [2.24, 2.45) is 0 Å². The first-order chi connectivity index (χ1) is 14.6. The van der Waals surface area contributed by atoms with E-state index in [1.165, 1.54) is 11.3 Å². The van der Waals surface area contributed by atoms with Crippen molar-refractivity contribution in [1.82, 2.24) is 29.6 Å². The Kier molecular flexibility index (Phi) is 4.71. The van der Waals surface area contributed by atoms with Gasteiger partial charge in [-0.15, -0.1) is 0 Å². The van der Waals surface area contributed by atoms with Gasteiger partial charge in [0.05, 0.1) is 23.6 Å². The summed E-state index contributed by atoms with van der Waals surface area (Å²) in [6.07, 6.45) is 5.69. The summed E-state index contributed by atoms with van der Waals surface area (Å²) in [4.78, 5) is 18.7. The van der Waals surface area contributed by atoms with Crippen LogP contribution in [0.2, 0.25) is 0 Å². The van der Waals surface area contributed by atoms with Crippen molar-refractivity contribution in [2.45, 2.75) is 20.4 Å². The lowest BCUT2D eigenvalue weighted by atomic mass is 10.2. The van der Waals surface area contributed by atoms with E-state index in [1.807, 2.05) is 29.3 Å². The SMILES string of the molecule is CCn1ncc2ccc3cnc(Nc4cc(C)c(N5CCN(C)CC5)cn4)nc3c21. The second-order valence-corrected chi connectivity index (χ2v) is 7.87. The fourth-order valence-corrected chi connectivity index (χ4v) is 4.07. The predicted molar refractivity (Wildman–Crippen MR) is 120 cm³/mol. The molecule has 1 N–H and O–H groups in total. The van der Waals surface area contributed by atoms with Crippen LogP contribution in [0, 0.1) is 6.92 Å². The number of nitrogens with zero attached hydrogens (tertiary/aromatic N) is 7. The monoisotopic (exact) mass is 402 g/mol. The lowest BCUT2D eigenvalue weighted by Crippen LogP contribution is -2.44. The molecule has 0 amide bonds. The van der Waals surface area contributed by atoms with Crippen molar-refractivity contribution in [3.8, 4) is 0 Å². The number of hydrogen-bond donors (Lipinski definition) is 1. The van der Waals surface area contributed by atoms with Gasteiger partial charge in [0.25, 0.3) is 0 Å².